The van der Waals surface area contributed by atoms with E-state index in [2.05, 4.69) is 10.6 Å². The molecule has 7 nitrogen and oxygen atoms in total. The maximum absolute atomic E-state index is 12.3. The zero-order valence-electron chi connectivity index (χ0n) is 14.1. The molecule has 2 heterocycles. The Kier molecular flexibility index (Phi) is 4.99. The summed E-state index contributed by atoms with van der Waals surface area (Å²) in [4.78, 5) is 26.1. The van der Waals surface area contributed by atoms with Gasteiger partial charge in [-0.25, -0.2) is 13.2 Å². The molecule has 0 spiro atoms. The van der Waals surface area contributed by atoms with E-state index in [-0.39, 0.29) is 42.0 Å². The van der Waals surface area contributed by atoms with Gasteiger partial charge in [0.05, 0.1) is 23.6 Å². The van der Waals surface area contributed by atoms with Crippen molar-refractivity contribution in [2.45, 2.75) is 37.9 Å². The first-order valence-electron chi connectivity index (χ1n) is 8.46. The van der Waals surface area contributed by atoms with Gasteiger partial charge in [-0.3, -0.25) is 4.79 Å². The minimum Gasteiger partial charge on any atom is -0.334 e. The number of amides is 3. The number of likely N-dealkylation sites (tertiary alicyclic amines) is 1. The molecule has 2 aliphatic rings. The van der Waals surface area contributed by atoms with E-state index in [1.54, 1.807) is 4.90 Å². The number of nitrogens with zero attached hydrogens (tertiary/aromatic N) is 1. The number of carbonyl (C=O) groups is 2. The number of hydrogen-bond donors (Lipinski definition) is 2. The summed E-state index contributed by atoms with van der Waals surface area (Å²) in [7, 11) is -3.03. The zero-order valence-corrected chi connectivity index (χ0v) is 15.0. The third kappa shape index (κ3) is 4.31. The Balaban J connectivity index is 1.53. The van der Waals surface area contributed by atoms with E-state index in [4.69, 9.17) is 0 Å². The standard InChI is InChI=1S/C17H23N3O4S/c1-12(13-5-3-2-4-6-13)20-10-15(9-16(20)21)19-17(22)18-14-7-8-25(23,24)11-14/h2-6,12,14-15H,7-11H2,1H3,(H2,18,19,22). The SMILES string of the molecule is CC(c1ccccc1)N1CC(NC(=O)NC2CCS(=O)(=O)C2)CC1=O. The first-order chi connectivity index (χ1) is 11.8. The van der Waals surface area contributed by atoms with Crippen LogP contribution in [0.25, 0.3) is 0 Å². The van der Waals surface area contributed by atoms with Gasteiger partial charge in [0, 0.05) is 19.0 Å². The van der Waals surface area contributed by atoms with Crippen LogP contribution in [-0.4, -0.2) is 55.4 Å². The lowest BCUT2D eigenvalue weighted by Gasteiger charge is -2.25. The van der Waals surface area contributed by atoms with Crippen molar-refractivity contribution >= 4 is 21.8 Å². The number of nitrogens with one attached hydrogen (secondary N) is 2. The molecule has 1 aromatic carbocycles. The molecule has 8 heteroatoms. The molecule has 0 radical (unpaired) electrons. The molecule has 2 saturated heterocycles. The number of rotatable bonds is 4. The van der Waals surface area contributed by atoms with Crippen LogP contribution in [0.15, 0.2) is 30.3 Å². The number of benzene rings is 1. The predicted molar refractivity (Wildman–Crippen MR) is 93.7 cm³/mol. The maximum atomic E-state index is 12.3. The lowest BCUT2D eigenvalue weighted by Crippen LogP contribution is -2.47. The van der Waals surface area contributed by atoms with Gasteiger partial charge in [0.15, 0.2) is 9.84 Å². The molecule has 1 aromatic rings. The average molecular weight is 365 g/mol. The molecule has 0 aliphatic carbocycles. The van der Waals surface area contributed by atoms with Crippen molar-refractivity contribution in [1.29, 1.82) is 0 Å². The Morgan fingerprint density at radius 1 is 1.20 bits per heavy atom. The fraction of sp³-hybridized carbons (Fsp3) is 0.529. The normalized spacial score (nSPS) is 26.4. The molecule has 2 fully saturated rings. The third-order valence-electron chi connectivity index (χ3n) is 4.81. The number of carbonyl (C=O) groups excluding carboxylic acids is 2. The first-order valence-corrected chi connectivity index (χ1v) is 10.3. The van der Waals surface area contributed by atoms with Gasteiger partial charge in [-0.15, -0.1) is 0 Å². The highest BCUT2D eigenvalue weighted by Crippen LogP contribution is 2.25. The molecule has 2 aliphatic heterocycles. The quantitative estimate of drug-likeness (QED) is 0.826. The summed E-state index contributed by atoms with van der Waals surface area (Å²) < 4.78 is 22.9. The Labute approximate surface area is 147 Å². The van der Waals surface area contributed by atoms with Crippen LogP contribution in [0.4, 0.5) is 4.79 Å². The van der Waals surface area contributed by atoms with Crippen LogP contribution in [-0.2, 0) is 14.6 Å². The van der Waals surface area contributed by atoms with E-state index in [9.17, 15) is 18.0 Å². The van der Waals surface area contributed by atoms with Crippen molar-refractivity contribution in [3.63, 3.8) is 0 Å². The monoisotopic (exact) mass is 365 g/mol. The lowest BCUT2D eigenvalue weighted by molar-refractivity contribution is -0.129. The minimum atomic E-state index is -3.03. The summed E-state index contributed by atoms with van der Waals surface area (Å²) in [6.07, 6.45) is 0.698. The van der Waals surface area contributed by atoms with Crippen LogP contribution >= 0.6 is 0 Å². The molecule has 3 unspecified atom stereocenters. The maximum Gasteiger partial charge on any atom is 0.315 e. The topological polar surface area (TPSA) is 95.6 Å². The molecular weight excluding hydrogens is 342 g/mol. The van der Waals surface area contributed by atoms with Gasteiger partial charge in [0.2, 0.25) is 5.91 Å². The Morgan fingerprint density at radius 2 is 1.88 bits per heavy atom. The summed E-state index contributed by atoms with van der Waals surface area (Å²) in [5.74, 6) is 0.105. The van der Waals surface area contributed by atoms with E-state index in [1.165, 1.54) is 0 Å². The highest BCUT2D eigenvalue weighted by atomic mass is 32.2. The Morgan fingerprint density at radius 3 is 2.52 bits per heavy atom. The molecule has 3 rings (SSSR count). The van der Waals surface area contributed by atoms with Crippen molar-refractivity contribution in [2.24, 2.45) is 0 Å². The van der Waals surface area contributed by atoms with Crippen molar-refractivity contribution in [3.05, 3.63) is 35.9 Å². The second-order valence-corrected chi connectivity index (χ2v) is 8.98. The van der Waals surface area contributed by atoms with Crippen molar-refractivity contribution < 1.29 is 18.0 Å². The van der Waals surface area contributed by atoms with Crippen molar-refractivity contribution in [1.82, 2.24) is 15.5 Å². The second kappa shape index (κ2) is 7.03. The molecule has 2 N–H and O–H groups in total. The smallest absolute Gasteiger partial charge is 0.315 e. The first kappa shape index (κ1) is 17.7. The van der Waals surface area contributed by atoms with Crippen molar-refractivity contribution in [3.8, 4) is 0 Å². The molecule has 25 heavy (non-hydrogen) atoms. The minimum absolute atomic E-state index is 0.00472. The third-order valence-corrected chi connectivity index (χ3v) is 6.58. The van der Waals surface area contributed by atoms with Gasteiger partial charge in [0.1, 0.15) is 0 Å². The largest absolute Gasteiger partial charge is 0.334 e. The molecular formula is C17H23N3O4S. The molecule has 3 atom stereocenters. The van der Waals surface area contributed by atoms with Gasteiger partial charge >= 0.3 is 6.03 Å². The molecule has 0 bridgehead atoms. The van der Waals surface area contributed by atoms with E-state index in [1.807, 2.05) is 37.3 Å². The zero-order chi connectivity index (χ0) is 18.0. The van der Waals surface area contributed by atoms with E-state index in [0.717, 1.165) is 5.56 Å². The number of sulfone groups is 1. The van der Waals surface area contributed by atoms with Gasteiger partial charge in [-0.1, -0.05) is 30.3 Å². The van der Waals surface area contributed by atoms with E-state index >= 15 is 0 Å². The van der Waals surface area contributed by atoms with Gasteiger partial charge < -0.3 is 15.5 Å². The Bertz CT molecular complexity index is 750. The number of hydrogen-bond acceptors (Lipinski definition) is 4. The van der Waals surface area contributed by atoms with Crippen LogP contribution in [0.1, 0.15) is 31.4 Å². The van der Waals surface area contributed by atoms with Crippen LogP contribution in [0.3, 0.4) is 0 Å². The van der Waals surface area contributed by atoms with E-state index < -0.39 is 15.9 Å². The highest BCUT2D eigenvalue weighted by Gasteiger charge is 2.35. The predicted octanol–water partition coefficient (Wildman–Crippen LogP) is 0.835. The summed E-state index contributed by atoms with van der Waals surface area (Å²) >= 11 is 0. The fourth-order valence-electron chi connectivity index (χ4n) is 3.44. The molecule has 0 saturated carbocycles. The highest BCUT2D eigenvalue weighted by molar-refractivity contribution is 7.91. The second-order valence-electron chi connectivity index (χ2n) is 6.75. The van der Waals surface area contributed by atoms with Gasteiger partial charge in [-0.2, -0.15) is 0 Å². The molecule has 136 valence electrons. The van der Waals surface area contributed by atoms with Crippen LogP contribution in [0.5, 0.6) is 0 Å². The Hall–Kier alpha value is -2.09. The number of urea groups is 1. The molecule has 0 aromatic heterocycles. The summed E-state index contributed by atoms with van der Waals surface area (Å²) in [5.41, 5.74) is 1.05. The summed E-state index contributed by atoms with van der Waals surface area (Å²) in [6, 6.07) is 8.68. The average Bonchev–Trinajstić information content (AvgIpc) is 3.09. The van der Waals surface area contributed by atoms with E-state index in [0.29, 0.717) is 13.0 Å². The van der Waals surface area contributed by atoms with Gasteiger partial charge in [0.25, 0.3) is 0 Å². The lowest BCUT2D eigenvalue weighted by atomic mass is 10.1. The van der Waals surface area contributed by atoms with Crippen LogP contribution in [0, 0.1) is 0 Å². The van der Waals surface area contributed by atoms with Gasteiger partial charge in [-0.05, 0) is 18.9 Å². The van der Waals surface area contributed by atoms with Crippen LogP contribution < -0.4 is 10.6 Å². The fourth-order valence-corrected chi connectivity index (χ4v) is 5.11. The van der Waals surface area contributed by atoms with Crippen molar-refractivity contribution in [2.75, 3.05) is 18.1 Å². The molecule has 3 amide bonds. The summed E-state index contributed by atoms with van der Waals surface area (Å²) in [5, 5.41) is 5.49. The summed E-state index contributed by atoms with van der Waals surface area (Å²) in [6.45, 7) is 2.42. The van der Waals surface area contributed by atoms with Crippen LogP contribution in [0.2, 0.25) is 0 Å².